The van der Waals surface area contributed by atoms with Crippen LogP contribution in [0.5, 0.6) is 0 Å². The fraction of sp³-hybridized carbons (Fsp3) is 0.176. The van der Waals surface area contributed by atoms with Gasteiger partial charge in [-0.1, -0.05) is 18.2 Å². The molecule has 1 amide bonds. The zero-order valence-electron chi connectivity index (χ0n) is 11.9. The number of benzene rings is 2. The van der Waals surface area contributed by atoms with Crippen molar-refractivity contribution in [3.8, 4) is 0 Å². The number of rotatable bonds is 1. The number of fused-ring (bicyclic) bond motifs is 3. The van der Waals surface area contributed by atoms with Crippen molar-refractivity contribution >= 4 is 34.8 Å². The number of nitrogen functional groups attached to an aromatic ring is 1. The van der Waals surface area contributed by atoms with Crippen LogP contribution in [0, 0.1) is 5.92 Å². The first-order valence-corrected chi connectivity index (χ1v) is 8.20. The Hall–Kier alpha value is -2.27. The molecule has 0 saturated heterocycles. The molecule has 0 saturated carbocycles. The molecule has 110 valence electrons. The van der Waals surface area contributed by atoms with E-state index in [1.165, 1.54) is 9.90 Å². The van der Waals surface area contributed by atoms with Crippen LogP contribution in [-0.4, -0.2) is 17.4 Å². The molecular formula is C17H15N3OS. The lowest BCUT2D eigenvalue weighted by molar-refractivity contribution is -0.119. The first-order valence-electron chi connectivity index (χ1n) is 7.21. The van der Waals surface area contributed by atoms with Crippen molar-refractivity contribution < 1.29 is 4.79 Å². The van der Waals surface area contributed by atoms with Gasteiger partial charge in [0.15, 0.2) is 0 Å². The molecule has 2 heterocycles. The molecule has 22 heavy (non-hydrogen) atoms. The summed E-state index contributed by atoms with van der Waals surface area (Å²) >= 11 is 1.78. The molecule has 0 spiro atoms. The lowest BCUT2D eigenvalue weighted by Crippen LogP contribution is -2.39. The predicted octanol–water partition coefficient (Wildman–Crippen LogP) is 3.13. The average Bonchev–Trinajstić information content (AvgIpc) is 2.55. The summed E-state index contributed by atoms with van der Waals surface area (Å²) in [6.45, 7) is 0. The number of anilines is 2. The highest BCUT2D eigenvalue weighted by Crippen LogP contribution is 2.38. The summed E-state index contributed by atoms with van der Waals surface area (Å²) in [5.41, 5.74) is 9.51. The van der Waals surface area contributed by atoms with Crippen molar-refractivity contribution in [1.82, 2.24) is 0 Å². The molecule has 0 bridgehead atoms. The molecule has 0 radical (unpaired) electrons. The van der Waals surface area contributed by atoms with Crippen LogP contribution in [0.1, 0.15) is 12.0 Å². The first-order chi connectivity index (χ1) is 10.7. The van der Waals surface area contributed by atoms with Gasteiger partial charge in [-0.05, 0) is 30.3 Å². The average molecular weight is 309 g/mol. The van der Waals surface area contributed by atoms with Crippen LogP contribution in [0.3, 0.4) is 0 Å². The molecule has 2 aliphatic heterocycles. The zero-order chi connectivity index (χ0) is 15.1. The largest absolute Gasteiger partial charge is 0.399 e. The van der Waals surface area contributed by atoms with Gasteiger partial charge in [0, 0.05) is 34.2 Å². The van der Waals surface area contributed by atoms with Crippen LogP contribution < -0.4 is 10.7 Å². The van der Waals surface area contributed by atoms with E-state index in [1.807, 2.05) is 48.5 Å². The van der Waals surface area contributed by atoms with Crippen LogP contribution in [0.2, 0.25) is 0 Å². The van der Waals surface area contributed by atoms with Crippen molar-refractivity contribution in [3.63, 3.8) is 0 Å². The number of thioether (sulfide) groups is 1. The Morgan fingerprint density at radius 1 is 1.18 bits per heavy atom. The van der Waals surface area contributed by atoms with E-state index < -0.39 is 0 Å². The minimum Gasteiger partial charge on any atom is -0.399 e. The molecule has 0 aliphatic carbocycles. The number of nitrogens with two attached hydrogens (primary N) is 1. The minimum atomic E-state index is 0.0490. The Labute approximate surface area is 133 Å². The highest BCUT2D eigenvalue weighted by Gasteiger charge is 2.34. The smallest absolute Gasteiger partial charge is 0.248 e. The summed E-state index contributed by atoms with van der Waals surface area (Å²) in [7, 11) is 0. The highest BCUT2D eigenvalue weighted by molar-refractivity contribution is 7.99. The van der Waals surface area contributed by atoms with Crippen molar-refractivity contribution in [3.05, 3.63) is 54.1 Å². The summed E-state index contributed by atoms with van der Waals surface area (Å²) in [5.74, 6) is 1.11. The highest BCUT2D eigenvalue weighted by atomic mass is 32.2. The number of carbonyl (C=O) groups excluding carboxylic acids is 1. The topological polar surface area (TPSA) is 58.7 Å². The molecule has 2 aromatic carbocycles. The van der Waals surface area contributed by atoms with E-state index in [-0.39, 0.29) is 11.8 Å². The number of hydrogen-bond acceptors (Lipinski definition) is 4. The summed E-state index contributed by atoms with van der Waals surface area (Å²) in [5, 5.41) is 6.19. The number of carbonyl (C=O) groups is 1. The number of amides is 1. The van der Waals surface area contributed by atoms with Crippen molar-refractivity contribution in [2.75, 3.05) is 16.5 Å². The Kier molecular flexibility index (Phi) is 3.15. The summed E-state index contributed by atoms with van der Waals surface area (Å²) in [4.78, 5) is 13.6. The molecule has 2 aliphatic rings. The van der Waals surface area contributed by atoms with Gasteiger partial charge in [0.05, 0.1) is 11.4 Å². The monoisotopic (exact) mass is 309 g/mol. The van der Waals surface area contributed by atoms with Crippen LogP contribution in [0.4, 0.5) is 11.4 Å². The van der Waals surface area contributed by atoms with Gasteiger partial charge in [-0.3, -0.25) is 4.79 Å². The van der Waals surface area contributed by atoms with Crippen molar-refractivity contribution in [2.24, 2.45) is 11.0 Å². The summed E-state index contributed by atoms with van der Waals surface area (Å²) in [6, 6.07) is 15.5. The van der Waals surface area contributed by atoms with E-state index in [0.717, 1.165) is 28.4 Å². The fourth-order valence-electron chi connectivity index (χ4n) is 2.89. The van der Waals surface area contributed by atoms with E-state index >= 15 is 0 Å². The molecule has 0 aromatic heterocycles. The van der Waals surface area contributed by atoms with E-state index in [9.17, 15) is 4.79 Å². The standard InChI is InChI=1S/C17H15N3OS/c18-12-6-7-15-14(9-12)17-11(10-22-15)8-16(21)20(19-17)13-4-2-1-3-5-13/h1-7,9,11H,8,10,18H2. The van der Waals surface area contributed by atoms with Crippen LogP contribution >= 0.6 is 11.8 Å². The van der Waals surface area contributed by atoms with Crippen LogP contribution in [0.25, 0.3) is 0 Å². The Balaban J connectivity index is 1.83. The van der Waals surface area contributed by atoms with Gasteiger partial charge in [-0.2, -0.15) is 5.10 Å². The maximum Gasteiger partial charge on any atom is 0.248 e. The Morgan fingerprint density at radius 3 is 2.82 bits per heavy atom. The Bertz CT molecular complexity index is 773. The van der Waals surface area contributed by atoms with Crippen LogP contribution in [-0.2, 0) is 4.79 Å². The quantitative estimate of drug-likeness (QED) is 0.823. The number of hydrogen-bond donors (Lipinski definition) is 1. The zero-order valence-corrected chi connectivity index (χ0v) is 12.7. The molecule has 4 rings (SSSR count). The summed E-state index contributed by atoms with van der Waals surface area (Å²) in [6.07, 6.45) is 0.495. The van der Waals surface area contributed by atoms with Crippen LogP contribution in [0.15, 0.2) is 58.5 Å². The number of para-hydroxylation sites is 1. The Morgan fingerprint density at radius 2 is 2.00 bits per heavy atom. The molecule has 5 heteroatoms. The molecule has 4 nitrogen and oxygen atoms in total. The van der Waals surface area contributed by atoms with Gasteiger partial charge in [-0.25, -0.2) is 5.01 Å². The second-order valence-electron chi connectivity index (χ2n) is 5.49. The first kappa shape index (κ1) is 13.4. The third-order valence-electron chi connectivity index (χ3n) is 3.97. The maximum atomic E-state index is 12.4. The number of nitrogens with zero attached hydrogens (tertiary/aromatic N) is 2. The number of hydrazone groups is 1. The lowest BCUT2D eigenvalue weighted by atomic mass is 9.92. The van der Waals surface area contributed by atoms with Crippen molar-refractivity contribution in [2.45, 2.75) is 11.3 Å². The summed E-state index contributed by atoms with van der Waals surface area (Å²) < 4.78 is 0. The molecule has 0 fully saturated rings. The third-order valence-corrected chi connectivity index (χ3v) is 5.21. The normalized spacial score (nSPS) is 20.2. The van der Waals surface area contributed by atoms with E-state index in [4.69, 9.17) is 5.73 Å². The van der Waals surface area contributed by atoms with Gasteiger partial charge in [0.2, 0.25) is 5.91 Å². The van der Waals surface area contributed by atoms with Gasteiger partial charge in [0.25, 0.3) is 0 Å². The van der Waals surface area contributed by atoms with Gasteiger partial charge in [0.1, 0.15) is 0 Å². The lowest BCUT2D eigenvalue weighted by Gasteiger charge is -2.33. The third kappa shape index (κ3) is 2.18. The minimum absolute atomic E-state index is 0.0490. The molecular weight excluding hydrogens is 294 g/mol. The van der Waals surface area contributed by atoms with E-state index in [1.54, 1.807) is 11.8 Å². The predicted molar refractivity (Wildman–Crippen MR) is 90.2 cm³/mol. The van der Waals surface area contributed by atoms with Gasteiger partial charge in [-0.15, -0.1) is 11.8 Å². The fourth-order valence-corrected chi connectivity index (χ4v) is 4.03. The van der Waals surface area contributed by atoms with Gasteiger partial charge >= 0.3 is 0 Å². The maximum absolute atomic E-state index is 12.4. The van der Waals surface area contributed by atoms with E-state index in [2.05, 4.69) is 5.10 Å². The SMILES string of the molecule is Nc1ccc2c(c1)C1=NN(c3ccccc3)C(=O)CC1CS2. The molecule has 1 atom stereocenters. The van der Waals surface area contributed by atoms with Gasteiger partial charge < -0.3 is 5.73 Å². The molecule has 1 unspecified atom stereocenters. The van der Waals surface area contributed by atoms with E-state index in [0.29, 0.717) is 6.42 Å². The molecule has 2 aromatic rings. The second-order valence-corrected chi connectivity index (χ2v) is 6.56. The second kappa shape index (κ2) is 5.18. The molecule has 2 N–H and O–H groups in total. The van der Waals surface area contributed by atoms with Crippen molar-refractivity contribution in [1.29, 1.82) is 0 Å².